The second kappa shape index (κ2) is 8.55. The molecule has 0 saturated heterocycles. The fraction of sp³-hybridized carbons (Fsp3) is 0.235. The maximum absolute atomic E-state index is 13.1. The van der Waals surface area contributed by atoms with Crippen LogP contribution in [-0.2, 0) is 21.2 Å². The van der Waals surface area contributed by atoms with Crippen LogP contribution < -0.4 is 4.72 Å². The SMILES string of the molecule is CCOC(=O)c1ccc(S(=O)(=O)NCCc2cccc(F)c2)c(Br)c1. The van der Waals surface area contributed by atoms with E-state index >= 15 is 0 Å². The van der Waals surface area contributed by atoms with Crippen LogP contribution in [0.3, 0.4) is 0 Å². The Morgan fingerprint density at radius 3 is 2.64 bits per heavy atom. The van der Waals surface area contributed by atoms with Crippen molar-refractivity contribution in [3.05, 3.63) is 63.9 Å². The predicted octanol–water partition coefficient (Wildman–Crippen LogP) is 3.29. The molecule has 0 unspecified atom stereocenters. The third-order valence-corrected chi connectivity index (χ3v) is 5.77. The monoisotopic (exact) mass is 429 g/mol. The number of carbonyl (C=O) groups is 1. The first-order valence-corrected chi connectivity index (χ1v) is 9.82. The van der Waals surface area contributed by atoms with Gasteiger partial charge in [-0.3, -0.25) is 0 Å². The topological polar surface area (TPSA) is 72.5 Å². The van der Waals surface area contributed by atoms with E-state index in [1.54, 1.807) is 19.1 Å². The number of esters is 1. The van der Waals surface area contributed by atoms with Gasteiger partial charge in [-0.2, -0.15) is 0 Å². The Morgan fingerprint density at radius 2 is 2.00 bits per heavy atom. The summed E-state index contributed by atoms with van der Waals surface area (Å²) in [5.74, 6) is -0.885. The lowest BCUT2D eigenvalue weighted by Crippen LogP contribution is -2.26. The van der Waals surface area contributed by atoms with Crippen molar-refractivity contribution in [1.29, 1.82) is 0 Å². The van der Waals surface area contributed by atoms with E-state index in [1.165, 1.54) is 30.3 Å². The van der Waals surface area contributed by atoms with Gasteiger partial charge in [0.15, 0.2) is 0 Å². The van der Waals surface area contributed by atoms with Gasteiger partial charge in [0.25, 0.3) is 0 Å². The Bertz CT molecular complexity index is 871. The highest BCUT2D eigenvalue weighted by atomic mass is 79.9. The number of rotatable bonds is 7. The zero-order valence-electron chi connectivity index (χ0n) is 13.5. The van der Waals surface area contributed by atoms with E-state index in [-0.39, 0.29) is 33.9 Å². The highest BCUT2D eigenvalue weighted by molar-refractivity contribution is 9.10. The van der Waals surface area contributed by atoms with Crippen LogP contribution in [0.1, 0.15) is 22.8 Å². The minimum Gasteiger partial charge on any atom is -0.462 e. The van der Waals surface area contributed by atoms with Crippen LogP contribution in [0, 0.1) is 5.82 Å². The van der Waals surface area contributed by atoms with Gasteiger partial charge in [-0.05, 0) is 65.2 Å². The van der Waals surface area contributed by atoms with Gasteiger partial charge in [0.05, 0.1) is 17.1 Å². The number of benzene rings is 2. The molecule has 0 aromatic heterocycles. The van der Waals surface area contributed by atoms with E-state index < -0.39 is 16.0 Å². The van der Waals surface area contributed by atoms with E-state index in [9.17, 15) is 17.6 Å². The number of hydrogen-bond acceptors (Lipinski definition) is 4. The number of hydrogen-bond donors (Lipinski definition) is 1. The van der Waals surface area contributed by atoms with Gasteiger partial charge in [-0.25, -0.2) is 22.3 Å². The number of sulfonamides is 1. The Morgan fingerprint density at radius 1 is 1.24 bits per heavy atom. The molecule has 1 N–H and O–H groups in total. The first kappa shape index (κ1) is 19.6. The highest BCUT2D eigenvalue weighted by Crippen LogP contribution is 2.23. The Kier molecular flexibility index (Phi) is 6.69. The number of nitrogens with one attached hydrogen (secondary N) is 1. The first-order valence-electron chi connectivity index (χ1n) is 7.54. The van der Waals surface area contributed by atoms with E-state index in [0.29, 0.717) is 12.0 Å². The van der Waals surface area contributed by atoms with Gasteiger partial charge >= 0.3 is 5.97 Å². The molecule has 8 heteroatoms. The molecule has 0 bridgehead atoms. The predicted molar refractivity (Wildman–Crippen MR) is 95.4 cm³/mol. The van der Waals surface area contributed by atoms with Crippen LogP contribution in [0.2, 0.25) is 0 Å². The molecule has 0 aliphatic heterocycles. The van der Waals surface area contributed by atoms with E-state index in [1.807, 2.05) is 0 Å². The summed E-state index contributed by atoms with van der Waals surface area (Å²) in [4.78, 5) is 11.7. The summed E-state index contributed by atoms with van der Waals surface area (Å²) in [5, 5.41) is 0. The summed E-state index contributed by atoms with van der Waals surface area (Å²) < 4.78 is 45.5. The van der Waals surface area contributed by atoms with Crippen LogP contribution in [0.5, 0.6) is 0 Å². The summed E-state index contributed by atoms with van der Waals surface area (Å²) >= 11 is 3.17. The zero-order chi connectivity index (χ0) is 18.4. The van der Waals surface area contributed by atoms with Gasteiger partial charge < -0.3 is 4.74 Å². The highest BCUT2D eigenvalue weighted by Gasteiger charge is 2.19. The van der Waals surface area contributed by atoms with Crippen LogP contribution in [0.15, 0.2) is 51.8 Å². The number of halogens is 2. The van der Waals surface area contributed by atoms with Gasteiger partial charge in [0, 0.05) is 11.0 Å². The molecule has 0 heterocycles. The summed E-state index contributed by atoms with van der Waals surface area (Å²) in [6.45, 7) is 2.05. The molecule has 0 aliphatic rings. The molecule has 0 saturated carbocycles. The zero-order valence-corrected chi connectivity index (χ0v) is 15.9. The summed E-state index contributed by atoms with van der Waals surface area (Å²) in [7, 11) is -3.77. The van der Waals surface area contributed by atoms with Crippen molar-refractivity contribution >= 4 is 31.9 Å². The maximum atomic E-state index is 13.1. The summed E-state index contributed by atoms with van der Waals surface area (Å²) in [6, 6.07) is 10.1. The number of carbonyl (C=O) groups excluding carboxylic acids is 1. The van der Waals surface area contributed by atoms with Crippen LogP contribution in [0.4, 0.5) is 4.39 Å². The fourth-order valence-corrected chi connectivity index (χ4v) is 4.27. The van der Waals surface area contributed by atoms with Gasteiger partial charge in [0.2, 0.25) is 10.0 Å². The normalized spacial score (nSPS) is 11.3. The Balaban J connectivity index is 2.07. The van der Waals surface area contributed by atoms with Crippen LogP contribution in [0.25, 0.3) is 0 Å². The molecule has 0 spiro atoms. The van der Waals surface area contributed by atoms with Gasteiger partial charge in [-0.1, -0.05) is 12.1 Å². The maximum Gasteiger partial charge on any atom is 0.338 e. The second-order valence-corrected chi connectivity index (χ2v) is 7.73. The molecule has 0 aliphatic carbocycles. The van der Waals surface area contributed by atoms with E-state index in [4.69, 9.17) is 4.74 Å². The molecule has 0 radical (unpaired) electrons. The molecule has 25 heavy (non-hydrogen) atoms. The number of ether oxygens (including phenoxy) is 1. The first-order chi connectivity index (χ1) is 11.8. The molecule has 2 aromatic rings. The quantitative estimate of drug-likeness (QED) is 0.685. The molecule has 2 aromatic carbocycles. The van der Waals surface area contributed by atoms with Crippen LogP contribution in [-0.4, -0.2) is 27.5 Å². The third-order valence-electron chi connectivity index (χ3n) is 3.33. The molecule has 0 amide bonds. The van der Waals surface area contributed by atoms with Gasteiger partial charge in [0.1, 0.15) is 5.82 Å². The molecule has 0 atom stereocenters. The lowest BCUT2D eigenvalue weighted by atomic mass is 10.1. The van der Waals surface area contributed by atoms with Crippen molar-refractivity contribution < 1.29 is 22.3 Å². The van der Waals surface area contributed by atoms with Crippen molar-refractivity contribution in [2.24, 2.45) is 0 Å². The Labute approximate surface area is 154 Å². The Hall–Kier alpha value is -1.77. The van der Waals surface area contributed by atoms with Crippen molar-refractivity contribution in [3.63, 3.8) is 0 Å². The summed E-state index contributed by atoms with van der Waals surface area (Å²) in [5.41, 5.74) is 0.951. The molecule has 2 rings (SSSR count). The fourth-order valence-electron chi connectivity index (χ4n) is 2.16. The lowest BCUT2D eigenvalue weighted by Gasteiger charge is -2.10. The van der Waals surface area contributed by atoms with Crippen LogP contribution >= 0.6 is 15.9 Å². The lowest BCUT2D eigenvalue weighted by molar-refractivity contribution is 0.0526. The molecule has 134 valence electrons. The molecule has 0 fully saturated rings. The smallest absolute Gasteiger partial charge is 0.338 e. The largest absolute Gasteiger partial charge is 0.462 e. The minimum atomic E-state index is -3.77. The average Bonchev–Trinajstić information content (AvgIpc) is 2.54. The van der Waals surface area contributed by atoms with Gasteiger partial charge in [-0.15, -0.1) is 0 Å². The average molecular weight is 430 g/mol. The standard InChI is InChI=1S/C17H17BrFNO4S/c1-2-24-17(21)13-6-7-16(15(18)11-13)25(22,23)20-9-8-12-4-3-5-14(19)10-12/h3-7,10-11,20H,2,8-9H2,1H3. The molecule has 5 nitrogen and oxygen atoms in total. The van der Waals surface area contributed by atoms with E-state index in [2.05, 4.69) is 20.7 Å². The van der Waals surface area contributed by atoms with Crippen molar-refractivity contribution in [3.8, 4) is 0 Å². The van der Waals surface area contributed by atoms with E-state index in [0.717, 1.165) is 0 Å². The second-order valence-electron chi connectivity index (χ2n) is 5.14. The minimum absolute atomic E-state index is 0.0137. The van der Waals surface area contributed by atoms with Crippen molar-refractivity contribution in [2.75, 3.05) is 13.2 Å². The summed E-state index contributed by atoms with van der Waals surface area (Å²) in [6.07, 6.45) is 0.357. The molecular weight excluding hydrogens is 413 g/mol. The third kappa shape index (κ3) is 5.35. The van der Waals surface area contributed by atoms with Crippen molar-refractivity contribution in [1.82, 2.24) is 4.72 Å². The van der Waals surface area contributed by atoms with Crippen molar-refractivity contribution in [2.45, 2.75) is 18.2 Å². The molecular formula is C17H17BrFNO4S.